The van der Waals surface area contributed by atoms with Crippen LogP contribution in [0.2, 0.25) is 0 Å². The molecule has 0 bridgehead atoms. The molecule has 0 radical (unpaired) electrons. The first-order valence-corrected chi connectivity index (χ1v) is 6.97. The minimum atomic E-state index is -0.201. The van der Waals surface area contributed by atoms with Crippen molar-refractivity contribution < 1.29 is 13.9 Å². The summed E-state index contributed by atoms with van der Waals surface area (Å²) in [5, 5.41) is 9.01. The summed E-state index contributed by atoms with van der Waals surface area (Å²) in [7, 11) is 0. The molecule has 3 heterocycles. The standard InChI is InChI=1S/C15H14N4O3/c16-8-13-14(18-5-4-17-13)22-12-2-1-6-19(9-12)15(20)11-3-7-21-10-11/h3-5,7,10,12H,1-2,6,9H2/t12-/m0/s1. The number of piperidine rings is 1. The molecule has 0 aromatic carbocycles. The van der Waals surface area contributed by atoms with Crippen molar-refractivity contribution in [2.75, 3.05) is 13.1 Å². The van der Waals surface area contributed by atoms with Crippen LogP contribution in [0.15, 0.2) is 35.4 Å². The highest BCUT2D eigenvalue weighted by Crippen LogP contribution is 2.20. The number of hydrogen-bond donors (Lipinski definition) is 0. The van der Waals surface area contributed by atoms with Gasteiger partial charge in [0.05, 0.1) is 18.4 Å². The fourth-order valence-electron chi connectivity index (χ4n) is 2.43. The Bertz CT molecular complexity index is 693. The second kappa shape index (κ2) is 6.26. The van der Waals surface area contributed by atoms with Crippen LogP contribution in [0.5, 0.6) is 5.88 Å². The van der Waals surface area contributed by atoms with Crippen LogP contribution in [-0.2, 0) is 0 Å². The molecule has 22 heavy (non-hydrogen) atoms. The summed E-state index contributed by atoms with van der Waals surface area (Å²) in [5.41, 5.74) is 0.679. The van der Waals surface area contributed by atoms with E-state index in [1.54, 1.807) is 11.0 Å². The van der Waals surface area contributed by atoms with E-state index in [1.165, 1.54) is 24.9 Å². The first kappa shape index (κ1) is 14.1. The minimum absolute atomic E-state index is 0.0818. The zero-order valence-electron chi connectivity index (χ0n) is 11.8. The van der Waals surface area contributed by atoms with Gasteiger partial charge in [0.2, 0.25) is 5.69 Å². The van der Waals surface area contributed by atoms with Crippen LogP contribution in [0.3, 0.4) is 0 Å². The topological polar surface area (TPSA) is 92.2 Å². The van der Waals surface area contributed by atoms with Gasteiger partial charge >= 0.3 is 0 Å². The number of hydrogen-bond acceptors (Lipinski definition) is 6. The number of rotatable bonds is 3. The van der Waals surface area contributed by atoms with Crippen molar-refractivity contribution in [3.8, 4) is 11.9 Å². The molecule has 0 spiro atoms. The first-order valence-electron chi connectivity index (χ1n) is 6.97. The van der Waals surface area contributed by atoms with Gasteiger partial charge in [-0.3, -0.25) is 4.79 Å². The van der Waals surface area contributed by atoms with Gasteiger partial charge in [-0.1, -0.05) is 0 Å². The average molecular weight is 298 g/mol. The van der Waals surface area contributed by atoms with E-state index in [1.807, 2.05) is 6.07 Å². The molecule has 2 aromatic rings. The Morgan fingerprint density at radius 3 is 3.09 bits per heavy atom. The number of carbonyl (C=O) groups excluding carboxylic acids is 1. The lowest BCUT2D eigenvalue weighted by molar-refractivity contribution is 0.0525. The number of ether oxygens (including phenoxy) is 1. The lowest BCUT2D eigenvalue weighted by Crippen LogP contribution is -2.44. The monoisotopic (exact) mass is 298 g/mol. The second-order valence-corrected chi connectivity index (χ2v) is 4.97. The fraction of sp³-hybridized carbons (Fsp3) is 0.333. The van der Waals surface area contributed by atoms with Gasteiger partial charge in [0.25, 0.3) is 11.8 Å². The number of amides is 1. The van der Waals surface area contributed by atoms with Gasteiger partial charge in [0.1, 0.15) is 18.4 Å². The second-order valence-electron chi connectivity index (χ2n) is 4.97. The summed E-state index contributed by atoms with van der Waals surface area (Å²) >= 11 is 0. The summed E-state index contributed by atoms with van der Waals surface area (Å²) in [6.07, 6.45) is 7.27. The Balaban J connectivity index is 1.68. The largest absolute Gasteiger partial charge is 0.472 e. The summed E-state index contributed by atoms with van der Waals surface area (Å²) in [4.78, 5) is 22.0. The molecule has 0 unspecified atom stereocenters. The molecule has 2 aromatic heterocycles. The maximum absolute atomic E-state index is 12.3. The van der Waals surface area contributed by atoms with Crippen LogP contribution in [0, 0.1) is 11.3 Å². The van der Waals surface area contributed by atoms with Crippen molar-refractivity contribution in [2.24, 2.45) is 0 Å². The molecule has 1 saturated heterocycles. The summed E-state index contributed by atoms with van der Waals surface area (Å²) in [6.45, 7) is 1.13. The number of aromatic nitrogens is 2. The maximum atomic E-state index is 12.3. The van der Waals surface area contributed by atoms with E-state index in [4.69, 9.17) is 14.4 Å². The Hall–Kier alpha value is -2.88. The first-order chi connectivity index (χ1) is 10.8. The summed E-state index contributed by atoms with van der Waals surface area (Å²) < 4.78 is 10.7. The maximum Gasteiger partial charge on any atom is 0.257 e. The van der Waals surface area contributed by atoms with Crippen molar-refractivity contribution in [2.45, 2.75) is 18.9 Å². The molecule has 3 rings (SSSR count). The number of carbonyl (C=O) groups is 1. The van der Waals surface area contributed by atoms with E-state index < -0.39 is 0 Å². The Kier molecular flexibility index (Phi) is 4.01. The molecule has 7 heteroatoms. The van der Waals surface area contributed by atoms with Gasteiger partial charge < -0.3 is 14.1 Å². The van der Waals surface area contributed by atoms with Gasteiger partial charge in [-0.05, 0) is 18.9 Å². The molecule has 0 aliphatic carbocycles. The molecule has 7 nitrogen and oxygen atoms in total. The minimum Gasteiger partial charge on any atom is -0.472 e. The molecule has 0 saturated carbocycles. The van der Waals surface area contributed by atoms with E-state index in [-0.39, 0.29) is 23.6 Å². The van der Waals surface area contributed by atoms with Crippen LogP contribution in [-0.4, -0.2) is 40.0 Å². The lowest BCUT2D eigenvalue weighted by atomic mass is 10.1. The zero-order chi connectivity index (χ0) is 15.4. The molecule has 1 aliphatic rings. The molecular formula is C15H14N4O3. The average Bonchev–Trinajstić information content (AvgIpc) is 3.09. The molecule has 112 valence electrons. The van der Waals surface area contributed by atoms with Gasteiger partial charge in [-0.2, -0.15) is 5.26 Å². The quantitative estimate of drug-likeness (QED) is 0.855. The normalized spacial score (nSPS) is 17.8. The molecule has 1 aliphatic heterocycles. The smallest absolute Gasteiger partial charge is 0.257 e. The van der Waals surface area contributed by atoms with Crippen LogP contribution < -0.4 is 4.74 Å². The molecule has 1 amide bonds. The highest BCUT2D eigenvalue weighted by Gasteiger charge is 2.27. The summed E-state index contributed by atoms with van der Waals surface area (Å²) in [5.74, 6) is 0.134. The Morgan fingerprint density at radius 1 is 1.45 bits per heavy atom. The van der Waals surface area contributed by atoms with E-state index in [0.717, 1.165) is 12.8 Å². The third-order valence-corrected chi connectivity index (χ3v) is 3.48. The molecule has 1 atom stereocenters. The van der Waals surface area contributed by atoms with Crippen molar-refractivity contribution in [1.82, 2.24) is 14.9 Å². The number of nitriles is 1. The molecule has 1 fully saturated rings. The van der Waals surface area contributed by atoms with Gasteiger partial charge in [0, 0.05) is 18.9 Å². The summed E-state index contributed by atoms with van der Waals surface area (Å²) in [6, 6.07) is 3.59. The number of nitrogens with zero attached hydrogens (tertiary/aromatic N) is 4. The van der Waals surface area contributed by atoms with E-state index >= 15 is 0 Å². The Morgan fingerprint density at radius 2 is 2.32 bits per heavy atom. The van der Waals surface area contributed by atoms with Crippen LogP contribution in [0.4, 0.5) is 0 Å². The van der Waals surface area contributed by atoms with E-state index in [2.05, 4.69) is 9.97 Å². The predicted molar refractivity (Wildman–Crippen MR) is 75.0 cm³/mol. The van der Waals surface area contributed by atoms with E-state index in [9.17, 15) is 4.79 Å². The predicted octanol–water partition coefficient (Wildman–Crippen LogP) is 1.62. The SMILES string of the molecule is N#Cc1nccnc1O[C@H]1CCCN(C(=O)c2ccoc2)C1. The highest BCUT2D eigenvalue weighted by atomic mass is 16.5. The van der Waals surface area contributed by atoms with Crippen molar-refractivity contribution in [1.29, 1.82) is 5.26 Å². The van der Waals surface area contributed by atoms with Crippen LogP contribution >= 0.6 is 0 Å². The fourth-order valence-corrected chi connectivity index (χ4v) is 2.43. The van der Waals surface area contributed by atoms with Crippen LogP contribution in [0.1, 0.15) is 28.9 Å². The zero-order valence-corrected chi connectivity index (χ0v) is 11.8. The highest BCUT2D eigenvalue weighted by molar-refractivity contribution is 5.93. The van der Waals surface area contributed by atoms with Crippen molar-refractivity contribution in [3.63, 3.8) is 0 Å². The van der Waals surface area contributed by atoms with Crippen molar-refractivity contribution in [3.05, 3.63) is 42.2 Å². The van der Waals surface area contributed by atoms with Gasteiger partial charge in [-0.15, -0.1) is 0 Å². The van der Waals surface area contributed by atoms with Crippen molar-refractivity contribution >= 4 is 5.91 Å². The molecule has 0 N–H and O–H groups in total. The third kappa shape index (κ3) is 2.91. The third-order valence-electron chi connectivity index (χ3n) is 3.48. The molecular weight excluding hydrogens is 284 g/mol. The number of likely N-dealkylation sites (tertiary alicyclic amines) is 1. The van der Waals surface area contributed by atoms with Gasteiger partial charge in [-0.25, -0.2) is 9.97 Å². The lowest BCUT2D eigenvalue weighted by Gasteiger charge is -2.32. The number of furan rings is 1. The van der Waals surface area contributed by atoms with Crippen LogP contribution in [0.25, 0.3) is 0 Å². The van der Waals surface area contributed by atoms with E-state index in [0.29, 0.717) is 18.7 Å². The Labute approximate surface area is 127 Å². The van der Waals surface area contributed by atoms with Gasteiger partial charge in [0.15, 0.2) is 0 Å².